The molecule has 0 aliphatic heterocycles. The average molecular weight is 362 g/mol. The van der Waals surface area contributed by atoms with Crippen molar-refractivity contribution >= 4 is 15.7 Å². The van der Waals surface area contributed by atoms with E-state index in [0.29, 0.717) is 10.6 Å². The minimum absolute atomic E-state index is 0.317. The number of nitrogens with zero attached hydrogens (tertiary/aromatic N) is 2. The van der Waals surface area contributed by atoms with Crippen LogP contribution in [0, 0.1) is 0 Å². The summed E-state index contributed by atoms with van der Waals surface area (Å²) in [7, 11) is 1.75. The Morgan fingerprint density at radius 3 is 2.24 bits per heavy atom. The van der Waals surface area contributed by atoms with Gasteiger partial charge in [-0.15, -0.1) is 0 Å². The zero-order valence-electron chi connectivity index (χ0n) is 15.1. The summed E-state index contributed by atoms with van der Waals surface area (Å²) in [6, 6.07) is 17.4. The highest BCUT2D eigenvalue weighted by molar-refractivity contribution is 7.89. The first-order chi connectivity index (χ1) is 11.9. The molecule has 0 heterocycles. The molecule has 0 aliphatic rings. The molecule has 0 atom stereocenters. The van der Waals surface area contributed by atoms with Gasteiger partial charge in [0.15, 0.2) is 0 Å². The van der Waals surface area contributed by atoms with Crippen LogP contribution in [0.2, 0.25) is 0 Å². The molecule has 0 amide bonds. The van der Waals surface area contributed by atoms with Crippen LogP contribution in [-0.2, 0) is 16.6 Å². The first-order valence-electron chi connectivity index (χ1n) is 8.39. The van der Waals surface area contributed by atoms with Gasteiger partial charge in [-0.1, -0.05) is 42.5 Å². The van der Waals surface area contributed by atoms with Crippen LogP contribution in [0.1, 0.15) is 12.0 Å². The van der Waals surface area contributed by atoms with Gasteiger partial charge in [-0.2, -0.15) is 0 Å². The van der Waals surface area contributed by atoms with Crippen molar-refractivity contribution in [1.82, 2.24) is 9.21 Å². The molecular formula is C19H27N3O2S. The van der Waals surface area contributed by atoms with E-state index in [1.807, 2.05) is 30.3 Å². The van der Waals surface area contributed by atoms with Crippen LogP contribution < -0.4 is 5.32 Å². The van der Waals surface area contributed by atoms with Crippen molar-refractivity contribution in [3.8, 4) is 0 Å². The van der Waals surface area contributed by atoms with Crippen molar-refractivity contribution in [3.63, 3.8) is 0 Å². The fourth-order valence-corrected chi connectivity index (χ4v) is 3.64. The van der Waals surface area contributed by atoms with Gasteiger partial charge in [0.1, 0.15) is 4.90 Å². The lowest BCUT2D eigenvalue weighted by Gasteiger charge is -2.18. The highest BCUT2D eigenvalue weighted by Crippen LogP contribution is 2.23. The molecule has 25 heavy (non-hydrogen) atoms. The van der Waals surface area contributed by atoms with Gasteiger partial charge >= 0.3 is 0 Å². The predicted molar refractivity (Wildman–Crippen MR) is 103 cm³/mol. The van der Waals surface area contributed by atoms with Crippen LogP contribution in [0.5, 0.6) is 0 Å². The van der Waals surface area contributed by atoms with E-state index >= 15 is 0 Å². The highest BCUT2D eigenvalue weighted by Gasteiger charge is 2.20. The van der Waals surface area contributed by atoms with Crippen LogP contribution in [-0.4, -0.2) is 51.9 Å². The molecule has 0 unspecified atom stereocenters. The number of hydrogen-bond acceptors (Lipinski definition) is 4. The van der Waals surface area contributed by atoms with Gasteiger partial charge in [-0.05, 0) is 37.7 Å². The summed E-state index contributed by atoms with van der Waals surface area (Å²) < 4.78 is 26.0. The lowest BCUT2D eigenvalue weighted by Crippen LogP contribution is -2.24. The molecule has 5 nitrogen and oxygen atoms in total. The molecular weight excluding hydrogens is 334 g/mol. The Morgan fingerprint density at radius 2 is 1.56 bits per heavy atom. The summed E-state index contributed by atoms with van der Waals surface area (Å²) in [4.78, 5) is 2.58. The molecule has 136 valence electrons. The standard InChI is InChI=1S/C19H27N3O2S/c1-21(2)25(23,24)19-13-8-7-12-18(19)20-14-9-15-22(3)16-17-10-5-4-6-11-17/h4-8,10-13,20H,9,14-16H2,1-3H3. The number of para-hydroxylation sites is 1. The Labute approximate surface area is 151 Å². The second-order valence-electron chi connectivity index (χ2n) is 6.29. The van der Waals surface area contributed by atoms with Gasteiger partial charge in [0.2, 0.25) is 10.0 Å². The summed E-state index contributed by atoms with van der Waals surface area (Å²) >= 11 is 0. The molecule has 0 aromatic heterocycles. The van der Waals surface area contributed by atoms with Crippen LogP contribution in [0.25, 0.3) is 0 Å². The smallest absolute Gasteiger partial charge is 0.244 e. The number of hydrogen-bond donors (Lipinski definition) is 1. The maximum absolute atomic E-state index is 12.4. The van der Waals surface area contributed by atoms with Gasteiger partial charge in [0.25, 0.3) is 0 Å². The number of benzene rings is 2. The number of sulfonamides is 1. The summed E-state index contributed by atoms with van der Waals surface area (Å²) in [6.45, 7) is 2.57. The molecule has 0 fully saturated rings. The minimum Gasteiger partial charge on any atom is -0.384 e. The van der Waals surface area contributed by atoms with Crippen LogP contribution in [0.3, 0.4) is 0 Å². The Morgan fingerprint density at radius 1 is 0.920 bits per heavy atom. The Hall–Kier alpha value is -1.89. The van der Waals surface area contributed by atoms with Gasteiger partial charge in [-0.3, -0.25) is 0 Å². The van der Waals surface area contributed by atoms with E-state index in [9.17, 15) is 8.42 Å². The van der Waals surface area contributed by atoms with E-state index in [4.69, 9.17) is 0 Å². The quantitative estimate of drug-likeness (QED) is 0.698. The summed E-state index contributed by atoms with van der Waals surface area (Å²) in [6.07, 6.45) is 0.930. The molecule has 2 rings (SSSR count). The SMILES string of the molecule is CN(CCCNc1ccccc1S(=O)(=O)N(C)C)Cc1ccccc1. The Balaban J connectivity index is 1.86. The van der Waals surface area contributed by atoms with Crippen molar-refractivity contribution < 1.29 is 8.42 Å². The summed E-state index contributed by atoms with van der Waals surface area (Å²) in [5.74, 6) is 0. The lowest BCUT2D eigenvalue weighted by molar-refractivity contribution is 0.325. The molecule has 2 aromatic rings. The molecule has 0 aliphatic carbocycles. The molecule has 0 spiro atoms. The molecule has 2 aromatic carbocycles. The number of rotatable bonds is 9. The van der Waals surface area contributed by atoms with E-state index < -0.39 is 10.0 Å². The third-order valence-electron chi connectivity index (χ3n) is 3.97. The fraction of sp³-hybridized carbons (Fsp3) is 0.368. The van der Waals surface area contributed by atoms with Gasteiger partial charge < -0.3 is 10.2 Å². The largest absolute Gasteiger partial charge is 0.384 e. The third-order valence-corrected chi connectivity index (χ3v) is 5.85. The van der Waals surface area contributed by atoms with E-state index in [-0.39, 0.29) is 0 Å². The summed E-state index contributed by atoms with van der Waals surface area (Å²) in [5, 5.41) is 3.26. The molecule has 1 N–H and O–H groups in total. The van der Waals surface area contributed by atoms with Gasteiger partial charge in [-0.25, -0.2) is 12.7 Å². The Bertz CT molecular complexity index is 761. The maximum atomic E-state index is 12.4. The first-order valence-corrected chi connectivity index (χ1v) is 9.83. The zero-order chi connectivity index (χ0) is 18.3. The van der Waals surface area contributed by atoms with Gasteiger partial charge in [0.05, 0.1) is 5.69 Å². The maximum Gasteiger partial charge on any atom is 0.244 e. The number of anilines is 1. The van der Waals surface area contributed by atoms with Crippen molar-refractivity contribution in [2.24, 2.45) is 0 Å². The topological polar surface area (TPSA) is 52.7 Å². The van der Waals surface area contributed by atoms with E-state index in [1.54, 1.807) is 26.2 Å². The van der Waals surface area contributed by atoms with Crippen molar-refractivity contribution in [2.75, 3.05) is 39.5 Å². The second-order valence-corrected chi connectivity index (χ2v) is 8.41. The second kappa shape index (κ2) is 8.99. The molecule has 0 radical (unpaired) electrons. The fourth-order valence-electron chi connectivity index (χ4n) is 2.58. The van der Waals surface area contributed by atoms with Gasteiger partial charge in [0, 0.05) is 27.2 Å². The number of nitrogens with one attached hydrogen (secondary N) is 1. The van der Waals surface area contributed by atoms with Crippen molar-refractivity contribution in [3.05, 3.63) is 60.2 Å². The average Bonchev–Trinajstić information content (AvgIpc) is 2.59. The van der Waals surface area contributed by atoms with Crippen molar-refractivity contribution in [1.29, 1.82) is 0 Å². The lowest BCUT2D eigenvalue weighted by atomic mass is 10.2. The zero-order valence-corrected chi connectivity index (χ0v) is 16.0. The van der Waals surface area contributed by atoms with E-state index in [2.05, 4.69) is 29.4 Å². The van der Waals surface area contributed by atoms with Crippen LogP contribution >= 0.6 is 0 Å². The van der Waals surface area contributed by atoms with Crippen molar-refractivity contribution in [2.45, 2.75) is 17.9 Å². The first kappa shape index (κ1) is 19.4. The molecule has 0 saturated heterocycles. The van der Waals surface area contributed by atoms with Crippen LogP contribution in [0.4, 0.5) is 5.69 Å². The predicted octanol–water partition coefficient (Wildman–Crippen LogP) is 2.87. The molecule has 0 saturated carbocycles. The Kier molecular flexibility index (Phi) is 6.99. The molecule has 6 heteroatoms. The van der Waals surface area contributed by atoms with E-state index in [0.717, 1.165) is 26.1 Å². The minimum atomic E-state index is -3.44. The normalized spacial score (nSPS) is 11.9. The summed E-state index contributed by atoms with van der Waals surface area (Å²) in [5.41, 5.74) is 1.95. The van der Waals surface area contributed by atoms with E-state index in [1.165, 1.54) is 9.87 Å². The monoisotopic (exact) mass is 361 g/mol. The molecule has 0 bridgehead atoms. The third kappa shape index (κ3) is 5.56. The highest BCUT2D eigenvalue weighted by atomic mass is 32.2. The van der Waals surface area contributed by atoms with Crippen LogP contribution in [0.15, 0.2) is 59.5 Å².